The van der Waals surface area contributed by atoms with Crippen molar-refractivity contribution in [2.24, 2.45) is 0 Å². The summed E-state index contributed by atoms with van der Waals surface area (Å²) in [6.07, 6.45) is -4.42. The highest BCUT2D eigenvalue weighted by Crippen LogP contribution is 2.28. The number of aromatic carboxylic acids is 1. The fourth-order valence-electron chi connectivity index (χ4n) is 0.802. The number of carboxylic acids is 1. The Morgan fingerprint density at radius 3 is 1.80 bits per heavy atom. The molecule has 0 bridgehead atoms. The average molecular weight is 218 g/mol. The van der Waals surface area contributed by atoms with E-state index in [1.54, 1.807) is 0 Å². The summed E-state index contributed by atoms with van der Waals surface area (Å²) in [6.45, 7) is 6.00. The van der Waals surface area contributed by atoms with E-state index in [4.69, 9.17) is 5.11 Å². The molecule has 0 aliphatic rings. The Morgan fingerprint density at radius 1 is 1.13 bits per heavy atom. The van der Waals surface area contributed by atoms with Crippen LogP contribution in [-0.2, 0) is 6.18 Å². The highest BCUT2D eigenvalue weighted by Gasteiger charge is 2.30. The average Bonchev–Trinajstić information content (AvgIpc) is 2.20. The minimum Gasteiger partial charge on any atom is -0.478 e. The maximum atomic E-state index is 12.0. The summed E-state index contributed by atoms with van der Waals surface area (Å²) in [7, 11) is 0. The molecule has 0 amide bonds. The lowest BCUT2D eigenvalue weighted by molar-refractivity contribution is -0.137. The fourth-order valence-corrected chi connectivity index (χ4v) is 0.802. The van der Waals surface area contributed by atoms with Crippen molar-refractivity contribution >= 4 is 5.97 Å². The molecule has 0 radical (unpaired) electrons. The minimum absolute atomic E-state index is 0.159. The summed E-state index contributed by atoms with van der Waals surface area (Å²) in [5, 5.41) is 8.40. The van der Waals surface area contributed by atoms with Gasteiger partial charge >= 0.3 is 12.1 Å². The molecule has 1 N–H and O–H groups in total. The van der Waals surface area contributed by atoms with Gasteiger partial charge in [-0.1, -0.05) is 0 Å². The first kappa shape index (κ1) is 13.2. The molecule has 0 heterocycles. The Kier molecular flexibility index (Phi) is 4.57. The van der Waals surface area contributed by atoms with Gasteiger partial charge in [0.15, 0.2) is 0 Å². The molecular formula is C10H9F3O2. The van der Waals surface area contributed by atoms with E-state index < -0.39 is 17.7 Å². The predicted molar refractivity (Wildman–Crippen MR) is 49.7 cm³/mol. The monoisotopic (exact) mass is 218 g/mol. The lowest BCUT2D eigenvalue weighted by Crippen LogP contribution is -2.05. The summed E-state index contributed by atoms with van der Waals surface area (Å²) < 4.78 is 35.9. The van der Waals surface area contributed by atoms with Crippen LogP contribution in [0, 0.1) is 0 Å². The summed E-state index contributed by atoms with van der Waals surface area (Å²) in [4.78, 5) is 10.3. The number of alkyl halides is 3. The van der Waals surface area contributed by atoms with Crippen LogP contribution in [0.2, 0.25) is 0 Å². The maximum absolute atomic E-state index is 12.0. The molecule has 82 valence electrons. The van der Waals surface area contributed by atoms with Gasteiger partial charge in [-0.2, -0.15) is 13.2 Å². The lowest BCUT2D eigenvalue weighted by Gasteiger charge is -2.05. The smallest absolute Gasteiger partial charge is 0.416 e. The molecule has 0 spiro atoms. The topological polar surface area (TPSA) is 37.3 Å². The zero-order valence-corrected chi connectivity index (χ0v) is 7.71. The standard InChI is InChI=1S/C8H5F3O2.C2H4/c9-8(10,11)6-3-1-5(2-4-6)7(12)13;1-2/h1-4H,(H,12,13);1-2H2. The number of halogens is 3. The highest BCUT2D eigenvalue weighted by atomic mass is 19.4. The van der Waals surface area contributed by atoms with Gasteiger partial charge < -0.3 is 5.11 Å². The van der Waals surface area contributed by atoms with Crippen LogP contribution in [0.3, 0.4) is 0 Å². The first-order chi connectivity index (χ1) is 6.91. The van der Waals surface area contributed by atoms with Crippen molar-refractivity contribution < 1.29 is 23.1 Å². The second kappa shape index (κ2) is 5.19. The largest absolute Gasteiger partial charge is 0.478 e. The zero-order valence-electron chi connectivity index (χ0n) is 7.71. The summed E-state index contributed by atoms with van der Waals surface area (Å²) in [6, 6.07) is 3.32. The molecule has 0 aromatic heterocycles. The van der Waals surface area contributed by atoms with Crippen molar-refractivity contribution in [3.63, 3.8) is 0 Å². The second-order valence-corrected chi connectivity index (χ2v) is 2.38. The van der Waals surface area contributed by atoms with E-state index in [2.05, 4.69) is 13.2 Å². The van der Waals surface area contributed by atoms with Gasteiger partial charge in [-0.15, -0.1) is 13.2 Å². The van der Waals surface area contributed by atoms with Gasteiger partial charge in [-0.05, 0) is 24.3 Å². The Labute approximate surface area is 84.7 Å². The first-order valence-corrected chi connectivity index (χ1v) is 3.82. The van der Waals surface area contributed by atoms with Crippen molar-refractivity contribution in [1.29, 1.82) is 0 Å². The number of carboxylic acid groups (broad SMARTS) is 1. The van der Waals surface area contributed by atoms with E-state index in [1.807, 2.05) is 0 Å². The molecule has 0 aliphatic heterocycles. The van der Waals surface area contributed by atoms with E-state index in [1.165, 1.54) is 0 Å². The van der Waals surface area contributed by atoms with Gasteiger partial charge in [-0.3, -0.25) is 0 Å². The summed E-state index contributed by atoms with van der Waals surface area (Å²) >= 11 is 0. The summed E-state index contributed by atoms with van der Waals surface area (Å²) in [5.74, 6) is -1.24. The number of hydrogen-bond acceptors (Lipinski definition) is 1. The van der Waals surface area contributed by atoms with E-state index in [0.717, 1.165) is 24.3 Å². The predicted octanol–water partition coefficient (Wildman–Crippen LogP) is 3.21. The third kappa shape index (κ3) is 3.84. The van der Waals surface area contributed by atoms with Gasteiger partial charge in [0.1, 0.15) is 0 Å². The Hall–Kier alpha value is -1.78. The summed E-state index contributed by atoms with van der Waals surface area (Å²) in [5.41, 5.74) is -1.01. The molecule has 2 nitrogen and oxygen atoms in total. The maximum Gasteiger partial charge on any atom is 0.416 e. The van der Waals surface area contributed by atoms with Crippen LogP contribution >= 0.6 is 0 Å². The molecule has 5 heteroatoms. The Bertz CT molecular complexity index is 328. The first-order valence-electron chi connectivity index (χ1n) is 3.82. The number of hydrogen-bond donors (Lipinski definition) is 1. The third-order valence-electron chi connectivity index (χ3n) is 1.46. The van der Waals surface area contributed by atoms with Crippen molar-refractivity contribution in [2.45, 2.75) is 6.18 Å². The Morgan fingerprint density at radius 2 is 1.53 bits per heavy atom. The third-order valence-corrected chi connectivity index (χ3v) is 1.46. The van der Waals surface area contributed by atoms with Crippen LogP contribution < -0.4 is 0 Å². The SMILES string of the molecule is C=C.O=C(O)c1ccc(C(F)(F)F)cc1. The van der Waals surface area contributed by atoms with Gasteiger partial charge in [0.05, 0.1) is 11.1 Å². The normalized spacial score (nSPS) is 10.1. The molecule has 0 fully saturated rings. The van der Waals surface area contributed by atoms with Crippen LogP contribution in [0.25, 0.3) is 0 Å². The van der Waals surface area contributed by atoms with E-state index >= 15 is 0 Å². The van der Waals surface area contributed by atoms with Crippen LogP contribution in [0.5, 0.6) is 0 Å². The second-order valence-electron chi connectivity index (χ2n) is 2.38. The zero-order chi connectivity index (χ0) is 12.1. The van der Waals surface area contributed by atoms with Crippen LogP contribution in [0.15, 0.2) is 37.4 Å². The molecular weight excluding hydrogens is 209 g/mol. The molecule has 0 atom stereocenters. The van der Waals surface area contributed by atoms with Crippen LogP contribution in [0.1, 0.15) is 15.9 Å². The molecule has 0 aliphatic carbocycles. The van der Waals surface area contributed by atoms with Crippen molar-refractivity contribution in [3.05, 3.63) is 48.6 Å². The van der Waals surface area contributed by atoms with Gasteiger partial charge in [0.25, 0.3) is 0 Å². The van der Waals surface area contributed by atoms with Gasteiger partial charge in [0.2, 0.25) is 0 Å². The molecule has 15 heavy (non-hydrogen) atoms. The van der Waals surface area contributed by atoms with Crippen LogP contribution in [0.4, 0.5) is 13.2 Å². The number of rotatable bonds is 1. The molecule has 1 rings (SSSR count). The molecule has 1 aromatic rings. The van der Waals surface area contributed by atoms with Crippen LogP contribution in [-0.4, -0.2) is 11.1 Å². The van der Waals surface area contributed by atoms with Crippen molar-refractivity contribution in [2.75, 3.05) is 0 Å². The molecule has 0 saturated carbocycles. The van der Waals surface area contributed by atoms with Crippen molar-refractivity contribution in [3.8, 4) is 0 Å². The minimum atomic E-state index is -4.42. The quantitative estimate of drug-likeness (QED) is 0.735. The molecule has 0 unspecified atom stereocenters. The number of carbonyl (C=O) groups is 1. The van der Waals surface area contributed by atoms with Crippen molar-refractivity contribution in [1.82, 2.24) is 0 Å². The van der Waals surface area contributed by atoms with E-state index in [9.17, 15) is 18.0 Å². The molecule has 0 saturated heterocycles. The highest BCUT2D eigenvalue weighted by molar-refractivity contribution is 5.87. The Balaban J connectivity index is 0.000000921. The molecule has 1 aromatic carbocycles. The van der Waals surface area contributed by atoms with Gasteiger partial charge in [-0.25, -0.2) is 4.79 Å². The lowest BCUT2D eigenvalue weighted by atomic mass is 10.1. The van der Waals surface area contributed by atoms with E-state index in [0.29, 0.717) is 0 Å². The van der Waals surface area contributed by atoms with Gasteiger partial charge in [0, 0.05) is 0 Å². The van der Waals surface area contributed by atoms with E-state index in [-0.39, 0.29) is 5.56 Å². The fraction of sp³-hybridized carbons (Fsp3) is 0.100. The number of benzene rings is 1.